The number of aromatic nitrogens is 1. The minimum atomic E-state index is -3.98. The monoisotopic (exact) mass is 828 g/mol. The Morgan fingerprint density at radius 3 is 2.59 bits per heavy atom. The Hall–Kier alpha value is -5.28. The van der Waals surface area contributed by atoms with Gasteiger partial charge in [0.1, 0.15) is 22.9 Å². The van der Waals surface area contributed by atoms with E-state index in [4.69, 9.17) is 23.6 Å². The Morgan fingerprint density at radius 2 is 1.91 bits per heavy atom. The molecule has 0 aliphatic carbocycles. The number of nitrogens with one attached hydrogen (secondary N) is 1. The number of amides is 2. The van der Waals surface area contributed by atoms with Gasteiger partial charge in [-0.25, -0.2) is 13.3 Å². The number of benzene rings is 2. The maximum absolute atomic E-state index is 14.5. The first-order valence-electron chi connectivity index (χ1n) is 18.8. The van der Waals surface area contributed by atoms with E-state index >= 15 is 0 Å². The largest absolute Gasteiger partial charge is 0.482 e. The van der Waals surface area contributed by atoms with Gasteiger partial charge in [-0.2, -0.15) is 0 Å². The van der Waals surface area contributed by atoms with Gasteiger partial charge < -0.3 is 43.2 Å². The summed E-state index contributed by atoms with van der Waals surface area (Å²) in [5.41, 5.74) is -1.74. The van der Waals surface area contributed by atoms with E-state index in [2.05, 4.69) is 10.5 Å². The highest BCUT2D eigenvalue weighted by atomic mass is 31.2. The van der Waals surface area contributed by atoms with Crippen LogP contribution in [0.3, 0.4) is 0 Å². The topological polar surface area (TPSA) is 184 Å². The summed E-state index contributed by atoms with van der Waals surface area (Å²) in [6.07, 6.45) is 2.01. The quantitative estimate of drug-likeness (QED) is 0.128. The third-order valence-corrected chi connectivity index (χ3v) is 12.3. The molecule has 6 rings (SSSR count). The predicted molar refractivity (Wildman–Crippen MR) is 206 cm³/mol. The Labute approximate surface area is 333 Å². The van der Waals surface area contributed by atoms with Crippen molar-refractivity contribution in [3.05, 3.63) is 91.9 Å². The van der Waals surface area contributed by atoms with E-state index in [1.165, 1.54) is 24.8 Å². The second kappa shape index (κ2) is 16.2. The van der Waals surface area contributed by atoms with Crippen LogP contribution in [0.2, 0.25) is 0 Å². The highest BCUT2D eigenvalue weighted by molar-refractivity contribution is 7.53. The molecular weight excluding hydrogens is 781 g/mol. The van der Waals surface area contributed by atoms with Crippen LogP contribution in [0.4, 0.5) is 8.78 Å². The van der Waals surface area contributed by atoms with Gasteiger partial charge >= 0.3 is 13.6 Å². The molecule has 1 spiro atoms. The number of halogens is 2. The van der Waals surface area contributed by atoms with Gasteiger partial charge in [-0.3, -0.25) is 19.2 Å². The van der Waals surface area contributed by atoms with Gasteiger partial charge in [0.05, 0.1) is 32.2 Å². The lowest BCUT2D eigenvalue weighted by molar-refractivity contribution is -0.151. The van der Waals surface area contributed by atoms with E-state index in [0.717, 1.165) is 17.7 Å². The molecule has 2 aromatic carbocycles. The zero-order chi connectivity index (χ0) is 42.3. The fraction of sp³-hybridized carbons (Fsp3) is 0.475. The van der Waals surface area contributed by atoms with Crippen LogP contribution >= 0.6 is 7.60 Å². The lowest BCUT2D eigenvalue weighted by Crippen LogP contribution is -2.52. The predicted octanol–water partition coefficient (Wildman–Crippen LogP) is 5.80. The Morgan fingerprint density at radius 1 is 1.17 bits per heavy atom. The van der Waals surface area contributed by atoms with E-state index in [1.807, 2.05) is 19.9 Å². The Kier molecular flexibility index (Phi) is 11.8. The highest BCUT2D eigenvalue weighted by Crippen LogP contribution is 2.48. The van der Waals surface area contributed by atoms with Gasteiger partial charge in [-0.15, -0.1) is 0 Å². The minimum Gasteiger partial charge on any atom is -0.482 e. The number of oxime groups is 1. The summed E-state index contributed by atoms with van der Waals surface area (Å²) in [7, 11) is -2.52. The maximum Gasteiger partial charge on any atom is 0.376 e. The van der Waals surface area contributed by atoms with Crippen LogP contribution in [0.15, 0.2) is 46.5 Å². The lowest BCUT2D eigenvalue weighted by atomic mass is 9.78. The molecule has 3 aliphatic rings. The average Bonchev–Trinajstić information content (AvgIpc) is 3.52. The number of hydrogen-bond donors (Lipinski definition) is 2. The van der Waals surface area contributed by atoms with Gasteiger partial charge in [0, 0.05) is 47.9 Å². The number of fused-ring (bicyclic) bond motifs is 5. The van der Waals surface area contributed by atoms with E-state index in [1.54, 1.807) is 31.7 Å². The molecule has 4 atom stereocenters. The molecule has 2 bridgehead atoms. The van der Waals surface area contributed by atoms with Gasteiger partial charge in [-0.05, 0) is 56.9 Å². The molecule has 4 heterocycles. The number of hydrogen-bond acceptors (Lipinski definition) is 11. The number of esters is 1. The first kappa shape index (κ1) is 42.3. The van der Waals surface area contributed by atoms with Crippen molar-refractivity contribution in [3.8, 4) is 11.5 Å². The zero-order valence-electron chi connectivity index (χ0n) is 33.4. The summed E-state index contributed by atoms with van der Waals surface area (Å²) >= 11 is 0. The van der Waals surface area contributed by atoms with Crippen molar-refractivity contribution in [1.82, 2.24) is 14.8 Å². The van der Waals surface area contributed by atoms with Crippen molar-refractivity contribution in [2.24, 2.45) is 5.16 Å². The van der Waals surface area contributed by atoms with Crippen molar-refractivity contribution in [3.63, 3.8) is 0 Å². The zero-order valence-corrected chi connectivity index (χ0v) is 34.2. The molecule has 1 aromatic heterocycles. The summed E-state index contributed by atoms with van der Waals surface area (Å²) in [5, 5.41) is 6.61. The number of aryl methyl sites for hydroxylation is 2. The molecule has 2 amide bonds. The molecule has 0 radical (unpaired) electrons. The minimum absolute atomic E-state index is 0.0412. The van der Waals surface area contributed by atoms with Gasteiger partial charge in [0.2, 0.25) is 23.9 Å². The van der Waals surface area contributed by atoms with Crippen LogP contribution in [0.5, 0.6) is 11.5 Å². The van der Waals surface area contributed by atoms with E-state index in [0.29, 0.717) is 35.9 Å². The van der Waals surface area contributed by atoms with Crippen LogP contribution < -0.4 is 20.0 Å². The number of nitrogens with zero attached hydrogens (tertiary/aromatic N) is 3. The standard InChI is InChI=1S/C40H47F2N4O11P/c1-8-58(51,52)56-29-14-22(2)13-23(3)33(29)39(5,6)17-32(47)54-21-55-36-34-38(50)45-20-30(40(12-11-24(45)4)16-31(53-7)44-57-40)46(34)19-27(35(36)48)37(49)43-18-25-9-10-26(41)15-28(25)42/h9-10,13-15,19,24,30H,8,11-12,16-18,20-21H2,1-7H3,(H,43,49)(H,51,52)/t24-,30+,40-/m0/s1. The number of methoxy groups -OCH3 is 1. The van der Waals surface area contributed by atoms with Gasteiger partial charge in [0.15, 0.2) is 11.3 Å². The first-order chi connectivity index (χ1) is 27.3. The molecule has 2 N–H and O–H groups in total. The molecule has 1 unspecified atom stereocenters. The van der Waals surface area contributed by atoms with Crippen molar-refractivity contribution in [2.45, 2.75) is 96.9 Å². The van der Waals surface area contributed by atoms with Crippen molar-refractivity contribution < 1.29 is 56.2 Å². The van der Waals surface area contributed by atoms with Crippen LogP contribution in [-0.4, -0.2) is 76.3 Å². The first-order valence-corrected chi connectivity index (χ1v) is 20.6. The SMILES string of the molecule is CCP(=O)(O)Oc1cc(C)cc(C)c1C(C)(C)CC(=O)OCOc1c2n(cc(C(=O)NCc3ccc(F)cc3F)c1=O)[C@@H]1CN(C2=O)[C@@H](C)CC[C@]12CC(OC)=NO2. The average molecular weight is 829 g/mol. The summed E-state index contributed by atoms with van der Waals surface area (Å²) in [5.74, 6) is -4.08. The number of ether oxygens (including phenoxy) is 3. The third-order valence-electron chi connectivity index (χ3n) is 11.0. The maximum atomic E-state index is 14.5. The molecule has 3 aliphatic heterocycles. The normalized spacial score (nSPS) is 21.0. The van der Waals surface area contributed by atoms with Crippen LogP contribution in [0, 0.1) is 25.5 Å². The third kappa shape index (κ3) is 8.33. The fourth-order valence-corrected chi connectivity index (χ4v) is 8.57. The van der Waals surface area contributed by atoms with Gasteiger partial charge in [0.25, 0.3) is 11.8 Å². The second-order valence-corrected chi connectivity index (χ2v) is 17.7. The molecule has 1 saturated heterocycles. The molecule has 312 valence electrons. The number of carbonyl (C=O) groups is 3. The summed E-state index contributed by atoms with van der Waals surface area (Å²) in [6, 6.07) is 5.34. The molecule has 15 nitrogen and oxygen atoms in total. The van der Waals surface area contributed by atoms with Crippen LogP contribution in [0.25, 0.3) is 0 Å². The highest BCUT2D eigenvalue weighted by Gasteiger charge is 2.55. The molecule has 58 heavy (non-hydrogen) atoms. The number of rotatable bonds is 12. The Balaban J connectivity index is 1.33. The smallest absolute Gasteiger partial charge is 0.376 e. The number of carbonyl (C=O) groups excluding carboxylic acids is 3. The van der Waals surface area contributed by atoms with E-state index in [-0.39, 0.29) is 48.6 Å². The lowest BCUT2D eigenvalue weighted by Gasteiger charge is -2.42. The number of pyridine rings is 1. The molecule has 3 aromatic rings. The summed E-state index contributed by atoms with van der Waals surface area (Å²) < 4.78 is 64.4. The van der Waals surface area contributed by atoms with Crippen LogP contribution in [0.1, 0.15) is 103 Å². The summed E-state index contributed by atoms with van der Waals surface area (Å²) in [4.78, 5) is 73.6. The van der Waals surface area contributed by atoms with Crippen molar-refractivity contribution in [2.75, 3.05) is 26.6 Å². The molecule has 0 saturated carbocycles. The van der Waals surface area contributed by atoms with Crippen LogP contribution in [-0.2, 0) is 35.6 Å². The Bertz CT molecular complexity index is 2300. The summed E-state index contributed by atoms with van der Waals surface area (Å²) in [6.45, 7) is 9.37. The second-order valence-electron chi connectivity index (χ2n) is 15.6. The van der Waals surface area contributed by atoms with E-state index < -0.39 is 84.2 Å². The molecule has 1 fully saturated rings. The molecular formula is C40H47F2N4O11P. The van der Waals surface area contributed by atoms with E-state index in [9.17, 15) is 37.4 Å². The molecule has 18 heteroatoms. The van der Waals surface area contributed by atoms with Gasteiger partial charge in [-0.1, -0.05) is 38.1 Å². The van der Waals surface area contributed by atoms with Crippen molar-refractivity contribution in [1.29, 1.82) is 0 Å². The fourth-order valence-electron chi connectivity index (χ4n) is 7.99. The van der Waals surface area contributed by atoms with Crippen molar-refractivity contribution >= 4 is 31.3 Å².